The third-order valence-corrected chi connectivity index (χ3v) is 5.39. The average Bonchev–Trinajstić information content (AvgIpc) is 2.88. The summed E-state index contributed by atoms with van der Waals surface area (Å²) >= 11 is 0. The number of nitrogens with zero attached hydrogens (tertiary/aromatic N) is 1. The van der Waals surface area contributed by atoms with Crippen molar-refractivity contribution >= 4 is 17.8 Å². The number of hydrogen-bond acceptors (Lipinski definition) is 8. The van der Waals surface area contributed by atoms with Gasteiger partial charge in [-0.25, -0.2) is 9.78 Å². The lowest BCUT2D eigenvalue weighted by atomic mass is 10.0. The Labute approximate surface area is 215 Å². The Morgan fingerprint density at radius 2 is 1.62 bits per heavy atom. The molecule has 9 heteroatoms. The Morgan fingerprint density at radius 3 is 2.24 bits per heavy atom. The summed E-state index contributed by atoms with van der Waals surface area (Å²) in [5.74, 6) is -1.42. The van der Waals surface area contributed by atoms with Crippen molar-refractivity contribution in [2.75, 3.05) is 7.11 Å². The Morgan fingerprint density at radius 1 is 0.946 bits per heavy atom. The molecule has 0 saturated heterocycles. The summed E-state index contributed by atoms with van der Waals surface area (Å²) in [5, 5.41) is 2.54. The topological polar surface area (TPSA) is 113 Å². The second-order valence-corrected chi connectivity index (χ2v) is 8.38. The number of ether oxygens (including phenoxy) is 4. The molecule has 194 valence electrons. The maximum atomic E-state index is 12.9. The monoisotopic (exact) mass is 506 g/mol. The number of hydrogen-bond donors (Lipinski definition) is 1. The maximum Gasteiger partial charge on any atom is 0.328 e. The molecule has 37 heavy (non-hydrogen) atoms. The van der Waals surface area contributed by atoms with Crippen LogP contribution in [0, 0.1) is 6.92 Å². The van der Waals surface area contributed by atoms with Crippen LogP contribution in [0.1, 0.15) is 48.5 Å². The normalized spacial score (nSPS) is 13.0. The first-order valence-corrected chi connectivity index (χ1v) is 11.7. The van der Waals surface area contributed by atoms with Gasteiger partial charge >= 0.3 is 11.9 Å². The van der Waals surface area contributed by atoms with Crippen LogP contribution in [0.2, 0.25) is 0 Å². The van der Waals surface area contributed by atoms with Gasteiger partial charge in [0.15, 0.2) is 17.5 Å². The molecule has 2 aromatic carbocycles. The highest BCUT2D eigenvalue weighted by atomic mass is 16.6. The van der Waals surface area contributed by atoms with Gasteiger partial charge in [-0.2, -0.15) is 0 Å². The van der Waals surface area contributed by atoms with Gasteiger partial charge in [0.25, 0.3) is 5.91 Å². The molecule has 9 nitrogen and oxygen atoms in total. The van der Waals surface area contributed by atoms with Crippen molar-refractivity contribution in [3.63, 3.8) is 0 Å². The van der Waals surface area contributed by atoms with Crippen molar-refractivity contribution in [1.29, 1.82) is 0 Å². The van der Waals surface area contributed by atoms with E-state index in [4.69, 9.17) is 18.9 Å². The van der Waals surface area contributed by atoms with E-state index < -0.39 is 36.1 Å². The van der Waals surface area contributed by atoms with Crippen LogP contribution < -0.4 is 19.5 Å². The molecule has 1 N–H and O–H groups in total. The lowest BCUT2D eigenvalue weighted by molar-refractivity contribution is -0.154. The number of esters is 2. The van der Waals surface area contributed by atoms with Crippen molar-refractivity contribution in [1.82, 2.24) is 10.3 Å². The molecule has 3 aromatic rings. The van der Waals surface area contributed by atoms with Crippen molar-refractivity contribution in [2.24, 2.45) is 0 Å². The Hall–Kier alpha value is -4.40. The average molecular weight is 507 g/mol. The SMILES string of the molecule is COc1ccnc(C(=O)N[C@@H](C)C(=O)O[C@@H](C)[C@H](Oc2ccc(C)cc2)c2ccccc2)c1OC(C)=O. The van der Waals surface area contributed by atoms with Gasteiger partial charge in [-0.05, 0) is 38.5 Å². The van der Waals surface area contributed by atoms with Crippen LogP contribution in [0.4, 0.5) is 0 Å². The van der Waals surface area contributed by atoms with Gasteiger partial charge in [0.05, 0.1) is 7.11 Å². The number of aromatic nitrogens is 1. The van der Waals surface area contributed by atoms with Gasteiger partial charge in [-0.15, -0.1) is 0 Å². The second-order valence-electron chi connectivity index (χ2n) is 8.38. The number of methoxy groups -OCH3 is 1. The molecule has 0 fully saturated rings. The summed E-state index contributed by atoms with van der Waals surface area (Å²) in [6.07, 6.45) is 0.0482. The van der Waals surface area contributed by atoms with E-state index in [0.717, 1.165) is 11.1 Å². The number of carbonyl (C=O) groups is 3. The maximum absolute atomic E-state index is 12.9. The fraction of sp³-hybridized carbons (Fsp3) is 0.286. The van der Waals surface area contributed by atoms with Gasteiger partial charge in [0.1, 0.15) is 17.9 Å². The molecule has 0 spiro atoms. The van der Waals surface area contributed by atoms with Crippen LogP contribution in [0.3, 0.4) is 0 Å². The van der Waals surface area contributed by atoms with E-state index >= 15 is 0 Å². The van der Waals surface area contributed by atoms with E-state index in [0.29, 0.717) is 5.75 Å². The van der Waals surface area contributed by atoms with Crippen LogP contribution in [0.15, 0.2) is 66.9 Å². The summed E-state index contributed by atoms with van der Waals surface area (Å²) in [4.78, 5) is 41.3. The summed E-state index contributed by atoms with van der Waals surface area (Å²) < 4.78 is 22.2. The first-order valence-electron chi connectivity index (χ1n) is 11.7. The molecule has 0 bridgehead atoms. The van der Waals surface area contributed by atoms with E-state index in [1.165, 1.54) is 33.2 Å². The summed E-state index contributed by atoms with van der Waals surface area (Å²) in [5.41, 5.74) is 1.72. The molecule has 0 aliphatic carbocycles. The highest BCUT2D eigenvalue weighted by Gasteiger charge is 2.29. The second kappa shape index (κ2) is 12.5. The molecule has 1 amide bonds. The fourth-order valence-corrected chi connectivity index (χ4v) is 3.51. The predicted molar refractivity (Wildman–Crippen MR) is 136 cm³/mol. The molecular weight excluding hydrogens is 476 g/mol. The molecule has 0 unspecified atom stereocenters. The van der Waals surface area contributed by atoms with Crippen molar-refractivity contribution in [3.8, 4) is 17.2 Å². The molecule has 3 rings (SSSR count). The van der Waals surface area contributed by atoms with Gasteiger partial charge in [-0.1, -0.05) is 48.0 Å². The lowest BCUT2D eigenvalue weighted by Gasteiger charge is -2.27. The van der Waals surface area contributed by atoms with Crippen LogP contribution in [-0.2, 0) is 14.3 Å². The number of benzene rings is 2. The van der Waals surface area contributed by atoms with Gasteiger partial charge < -0.3 is 24.3 Å². The zero-order valence-electron chi connectivity index (χ0n) is 21.4. The van der Waals surface area contributed by atoms with Crippen molar-refractivity contribution < 1.29 is 33.3 Å². The minimum Gasteiger partial charge on any atom is -0.493 e. The quantitative estimate of drug-likeness (QED) is 0.407. The molecule has 1 heterocycles. The standard InChI is InChI=1S/C28H30N2O7/c1-17-11-13-22(14-12-17)37-25(21-9-7-6-8-10-21)19(3)35-28(33)18(2)30-27(32)24-26(36-20(4)31)23(34-5)15-16-29-24/h6-16,18-19,25H,1-5H3,(H,30,32)/t18-,19-,25-/m0/s1. The van der Waals surface area contributed by atoms with Crippen LogP contribution in [0.5, 0.6) is 17.2 Å². The van der Waals surface area contributed by atoms with Gasteiger partial charge in [0.2, 0.25) is 5.75 Å². The molecule has 1 aromatic heterocycles. The molecule has 0 aliphatic rings. The highest BCUT2D eigenvalue weighted by Crippen LogP contribution is 2.30. The smallest absolute Gasteiger partial charge is 0.328 e. The molecule has 3 atom stereocenters. The zero-order valence-corrected chi connectivity index (χ0v) is 21.4. The van der Waals surface area contributed by atoms with Crippen LogP contribution in [0.25, 0.3) is 0 Å². The number of amides is 1. The van der Waals surface area contributed by atoms with E-state index in [1.807, 2.05) is 61.5 Å². The van der Waals surface area contributed by atoms with Crippen molar-refractivity contribution in [3.05, 3.63) is 83.7 Å². The summed E-state index contributed by atoms with van der Waals surface area (Å²) in [7, 11) is 1.37. The zero-order chi connectivity index (χ0) is 26.9. The number of carbonyl (C=O) groups excluding carboxylic acids is 3. The number of nitrogens with one attached hydrogen (secondary N) is 1. The van der Waals surface area contributed by atoms with Gasteiger partial charge in [-0.3, -0.25) is 9.59 Å². The predicted octanol–water partition coefficient (Wildman–Crippen LogP) is 4.19. The van der Waals surface area contributed by atoms with E-state index in [9.17, 15) is 14.4 Å². The third kappa shape index (κ3) is 7.30. The third-order valence-electron chi connectivity index (χ3n) is 5.39. The largest absolute Gasteiger partial charge is 0.493 e. The van der Waals surface area contributed by atoms with Crippen LogP contribution >= 0.6 is 0 Å². The highest BCUT2D eigenvalue weighted by molar-refractivity contribution is 5.98. The van der Waals surface area contributed by atoms with Gasteiger partial charge in [0, 0.05) is 19.2 Å². The minimum absolute atomic E-state index is 0.139. The van der Waals surface area contributed by atoms with Crippen LogP contribution in [-0.4, -0.2) is 42.1 Å². The Bertz CT molecular complexity index is 1230. The number of rotatable bonds is 10. The summed E-state index contributed by atoms with van der Waals surface area (Å²) in [6, 6.07) is 17.4. The number of aryl methyl sites for hydroxylation is 1. The minimum atomic E-state index is -1.04. The van der Waals surface area contributed by atoms with E-state index in [-0.39, 0.29) is 17.2 Å². The van der Waals surface area contributed by atoms with E-state index in [1.54, 1.807) is 6.92 Å². The summed E-state index contributed by atoms with van der Waals surface area (Å²) in [6.45, 7) is 6.38. The Balaban J connectivity index is 1.73. The Kier molecular flexibility index (Phi) is 9.21. The first-order chi connectivity index (χ1) is 17.7. The van der Waals surface area contributed by atoms with E-state index in [2.05, 4.69) is 10.3 Å². The van der Waals surface area contributed by atoms with Crippen molar-refractivity contribution in [2.45, 2.75) is 45.9 Å². The lowest BCUT2D eigenvalue weighted by Crippen LogP contribution is -2.42. The first kappa shape index (κ1) is 27.2. The molecule has 0 saturated carbocycles. The fourth-order valence-electron chi connectivity index (χ4n) is 3.51. The molecule has 0 aliphatic heterocycles. The molecule has 0 radical (unpaired) electrons. The molecular formula is C28H30N2O7. The number of pyridine rings is 1.